The second kappa shape index (κ2) is 4.72. The standard InChI is InChI=1S/C10H16N2O3/c1-7(13)2-3-9-11-10(12-15-9)8-4-5-14-6-8/h7-8,13H,2-6H2,1H3. The maximum Gasteiger partial charge on any atom is 0.226 e. The number of hydrogen-bond acceptors (Lipinski definition) is 5. The van der Waals surface area contributed by atoms with E-state index >= 15 is 0 Å². The van der Waals surface area contributed by atoms with Gasteiger partial charge in [-0.25, -0.2) is 0 Å². The molecule has 1 aliphatic rings. The van der Waals surface area contributed by atoms with Gasteiger partial charge in [-0.2, -0.15) is 4.98 Å². The van der Waals surface area contributed by atoms with E-state index in [0.717, 1.165) is 18.9 Å². The molecule has 2 heterocycles. The van der Waals surface area contributed by atoms with Crippen molar-refractivity contribution >= 4 is 0 Å². The maximum absolute atomic E-state index is 9.12. The third kappa shape index (κ3) is 2.76. The fraction of sp³-hybridized carbons (Fsp3) is 0.800. The van der Waals surface area contributed by atoms with Crippen LogP contribution in [0, 0.1) is 0 Å². The van der Waals surface area contributed by atoms with Gasteiger partial charge in [0.25, 0.3) is 0 Å². The Morgan fingerprint density at radius 1 is 1.60 bits per heavy atom. The quantitative estimate of drug-likeness (QED) is 0.802. The van der Waals surface area contributed by atoms with E-state index in [0.29, 0.717) is 25.3 Å². The minimum Gasteiger partial charge on any atom is -0.393 e. The van der Waals surface area contributed by atoms with Crippen molar-refractivity contribution in [3.8, 4) is 0 Å². The Morgan fingerprint density at radius 3 is 3.13 bits per heavy atom. The summed E-state index contributed by atoms with van der Waals surface area (Å²) in [5.41, 5.74) is 0. The number of aryl methyl sites for hydroxylation is 1. The Morgan fingerprint density at radius 2 is 2.47 bits per heavy atom. The zero-order valence-corrected chi connectivity index (χ0v) is 8.85. The van der Waals surface area contributed by atoms with E-state index in [9.17, 15) is 0 Å². The molecule has 0 bridgehead atoms. The van der Waals surface area contributed by atoms with Gasteiger partial charge >= 0.3 is 0 Å². The molecule has 1 saturated heterocycles. The van der Waals surface area contributed by atoms with Crippen molar-refractivity contribution in [1.29, 1.82) is 0 Å². The second-order valence-electron chi connectivity index (χ2n) is 3.99. The molecule has 1 aliphatic heterocycles. The molecular formula is C10H16N2O3. The molecule has 15 heavy (non-hydrogen) atoms. The Hall–Kier alpha value is -0.940. The first-order chi connectivity index (χ1) is 7.25. The summed E-state index contributed by atoms with van der Waals surface area (Å²) in [5, 5.41) is 13.1. The third-order valence-corrected chi connectivity index (χ3v) is 2.55. The van der Waals surface area contributed by atoms with Crippen LogP contribution in [0.1, 0.15) is 37.4 Å². The predicted molar refractivity (Wildman–Crippen MR) is 52.5 cm³/mol. The molecule has 0 saturated carbocycles. The zero-order chi connectivity index (χ0) is 10.7. The SMILES string of the molecule is CC(O)CCc1nc(C2CCOC2)no1. The topological polar surface area (TPSA) is 68.4 Å². The summed E-state index contributed by atoms with van der Waals surface area (Å²) in [6.07, 6.45) is 1.94. The molecule has 5 heteroatoms. The third-order valence-electron chi connectivity index (χ3n) is 2.55. The van der Waals surface area contributed by atoms with Crippen LogP contribution in [-0.2, 0) is 11.2 Å². The first kappa shape index (κ1) is 10.6. The number of aliphatic hydroxyl groups excluding tert-OH is 1. The highest BCUT2D eigenvalue weighted by Gasteiger charge is 2.22. The first-order valence-electron chi connectivity index (χ1n) is 5.34. The fourth-order valence-electron chi connectivity index (χ4n) is 1.61. The molecule has 2 rings (SSSR count). The second-order valence-corrected chi connectivity index (χ2v) is 3.99. The van der Waals surface area contributed by atoms with E-state index in [4.69, 9.17) is 14.4 Å². The van der Waals surface area contributed by atoms with E-state index in [2.05, 4.69) is 10.1 Å². The first-order valence-corrected chi connectivity index (χ1v) is 5.34. The van der Waals surface area contributed by atoms with Gasteiger partial charge in [0.05, 0.1) is 12.7 Å². The van der Waals surface area contributed by atoms with Gasteiger partial charge in [-0.05, 0) is 19.8 Å². The highest BCUT2D eigenvalue weighted by Crippen LogP contribution is 2.22. The molecule has 0 spiro atoms. The van der Waals surface area contributed by atoms with Crippen molar-refractivity contribution in [2.75, 3.05) is 13.2 Å². The summed E-state index contributed by atoms with van der Waals surface area (Å²) >= 11 is 0. The van der Waals surface area contributed by atoms with Crippen LogP contribution in [0.5, 0.6) is 0 Å². The Labute approximate surface area is 88.4 Å². The molecule has 1 fully saturated rings. The van der Waals surface area contributed by atoms with E-state index in [-0.39, 0.29) is 12.0 Å². The van der Waals surface area contributed by atoms with Gasteiger partial charge in [0.1, 0.15) is 0 Å². The summed E-state index contributed by atoms with van der Waals surface area (Å²) in [6.45, 7) is 3.22. The van der Waals surface area contributed by atoms with Crippen molar-refractivity contribution in [2.45, 2.75) is 38.2 Å². The van der Waals surface area contributed by atoms with Crippen LogP contribution >= 0.6 is 0 Å². The molecule has 84 valence electrons. The molecule has 0 aromatic carbocycles. The lowest BCUT2D eigenvalue weighted by Crippen LogP contribution is -2.02. The number of hydrogen-bond donors (Lipinski definition) is 1. The summed E-state index contributed by atoms with van der Waals surface area (Å²) in [5.74, 6) is 1.64. The van der Waals surface area contributed by atoms with Gasteiger partial charge in [0.15, 0.2) is 5.82 Å². The summed E-state index contributed by atoms with van der Waals surface area (Å²) in [6, 6.07) is 0. The highest BCUT2D eigenvalue weighted by atomic mass is 16.5. The molecule has 0 amide bonds. The van der Waals surface area contributed by atoms with Gasteiger partial charge in [-0.3, -0.25) is 0 Å². The van der Waals surface area contributed by atoms with E-state index in [1.807, 2.05) is 0 Å². The lowest BCUT2D eigenvalue weighted by atomic mass is 10.1. The van der Waals surface area contributed by atoms with Crippen LogP contribution in [0.15, 0.2) is 4.52 Å². The van der Waals surface area contributed by atoms with Crippen LogP contribution in [0.2, 0.25) is 0 Å². The van der Waals surface area contributed by atoms with Crippen molar-refractivity contribution in [3.05, 3.63) is 11.7 Å². The highest BCUT2D eigenvalue weighted by molar-refractivity contribution is 4.97. The minimum absolute atomic E-state index is 0.286. The number of rotatable bonds is 4. The molecule has 1 aromatic rings. The Balaban J connectivity index is 1.91. The average molecular weight is 212 g/mol. The van der Waals surface area contributed by atoms with Crippen LogP contribution in [0.4, 0.5) is 0 Å². The summed E-state index contributed by atoms with van der Waals surface area (Å²) in [7, 11) is 0. The molecular weight excluding hydrogens is 196 g/mol. The molecule has 5 nitrogen and oxygen atoms in total. The van der Waals surface area contributed by atoms with Crippen molar-refractivity contribution in [1.82, 2.24) is 10.1 Å². The van der Waals surface area contributed by atoms with E-state index < -0.39 is 0 Å². The van der Waals surface area contributed by atoms with Crippen molar-refractivity contribution in [2.24, 2.45) is 0 Å². The number of ether oxygens (including phenoxy) is 1. The minimum atomic E-state index is -0.324. The largest absolute Gasteiger partial charge is 0.393 e. The average Bonchev–Trinajstić information content (AvgIpc) is 2.85. The zero-order valence-electron chi connectivity index (χ0n) is 8.85. The van der Waals surface area contributed by atoms with Gasteiger partial charge < -0.3 is 14.4 Å². The summed E-state index contributed by atoms with van der Waals surface area (Å²) in [4.78, 5) is 4.30. The summed E-state index contributed by atoms with van der Waals surface area (Å²) < 4.78 is 10.4. The van der Waals surface area contributed by atoms with Crippen LogP contribution in [-0.4, -0.2) is 34.6 Å². The molecule has 0 radical (unpaired) electrons. The number of aromatic nitrogens is 2. The smallest absolute Gasteiger partial charge is 0.226 e. The Bertz CT molecular complexity index is 305. The van der Waals surface area contributed by atoms with Gasteiger partial charge in [0, 0.05) is 18.9 Å². The van der Waals surface area contributed by atoms with Crippen LogP contribution in [0.3, 0.4) is 0 Å². The number of nitrogens with zero attached hydrogens (tertiary/aromatic N) is 2. The van der Waals surface area contributed by atoms with Gasteiger partial charge in [-0.15, -0.1) is 0 Å². The van der Waals surface area contributed by atoms with Gasteiger partial charge in [0.2, 0.25) is 5.89 Å². The molecule has 1 aromatic heterocycles. The Kier molecular flexibility index (Phi) is 3.33. The van der Waals surface area contributed by atoms with Gasteiger partial charge in [-0.1, -0.05) is 5.16 Å². The van der Waals surface area contributed by atoms with Crippen molar-refractivity contribution < 1.29 is 14.4 Å². The molecule has 2 unspecified atom stereocenters. The predicted octanol–water partition coefficient (Wildman–Crippen LogP) is 0.887. The number of aliphatic hydroxyl groups is 1. The lowest BCUT2D eigenvalue weighted by molar-refractivity contribution is 0.180. The lowest BCUT2D eigenvalue weighted by Gasteiger charge is -1.99. The van der Waals surface area contributed by atoms with Crippen LogP contribution in [0.25, 0.3) is 0 Å². The molecule has 1 N–H and O–H groups in total. The van der Waals surface area contributed by atoms with Crippen LogP contribution < -0.4 is 0 Å². The maximum atomic E-state index is 9.12. The molecule has 0 aliphatic carbocycles. The fourth-order valence-corrected chi connectivity index (χ4v) is 1.61. The molecule has 2 atom stereocenters. The van der Waals surface area contributed by atoms with Crippen molar-refractivity contribution in [3.63, 3.8) is 0 Å². The monoisotopic (exact) mass is 212 g/mol. The van der Waals surface area contributed by atoms with E-state index in [1.165, 1.54) is 0 Å². The normalized spacial score (nSPS) is 23.2. The van der Waals surface area contributed by atoms with E-state index in [1.54, 1.807) is 6.92 Å².